The highest BCUT2D eigenvalue weighted by atomic mass is 16.4. The molecule has 0 spiro atoms. The maximum absolute atomic E-state index is 10.3. The van der Waals surface area contributed by atoms with E-state index in [4.69, 9.17) is 5.11 Å². The van der Waals surface area contributed by atoms with Crippen LogP contribution >= 0.6 is 0 Å². The summed E-state index contributed by atoms with van der Waals surface area (Å²) in [5.41, 5.74) is 0. The Morgan fingerprint density at radius 2 is 2.20 bits per heavy atom. The Morgan fingerprint density at radius 1 is 1.50 bits per heavy atom. The number of nitrogens with zero attached hydrogens (tertiary/aromatic N) is 2. The molecule has 4 heteroatoms. The first-order chi connectivity index (χ1) is 4.70. The standard InChI is InChI=1S/C6H10N2O2/c1-7-2-4-8(5-3-7)6(9)10/h2,4H,3,5H2,1H3,(H,9,10). The van der Waals surface area contributed by atoms with Crippen LogP contribution in [0.4, 0.5) is 4.79 Å². The summed E-state index contributed by atoms with van der Waals surface area (Å²) in [6.07, 6.45) is 2.42. The minimum Gasteiger partial charge on any atom is -0.465 e. The van der Waals surface area contributed by atoms with E-state index in [0.717, 1.165) is 6.54 Å². The van der Waals surface area contributed by atoms with E-state index < -0.39 is 6.09 Å². The first kappa shape index (κ1) is 6.92. The minimum atomic E-state index is -0.885. The molecule has 0 aromatic carbocycles. The number of likely N-dealkylation sites (N-methyl/N-ethyl adjacent to an activating group) is 1. The summed E-state index contributed by atoms with van der Waals surface area (Å²) in [5.74, 6) is 0. The van der Waals surface area contributed by atoms with Crippen molar-refractivity contribution in [3.8, 4) is 0 Å². The summed E-state index contributed by atoms with van der Waals surface area (Å²) >= 11 is 0. The molecule has 10 heavy (non-hydrogen) atoms. The lowest BCUT2D eigenvalue weighted by molar-refractivity contribution is 0.156. The van der Waals surface area contributed by atoms with Crippen molar-refractivity contribution in [3.05, 3.63) is 12.4 Å². The average Bonchev–Trinajstić information content (AvgIpc) is 1.88. The Kier molecular flexibility index (Phi) is 1.80. The van der Waals surface area contributed by atoms with Crippen molar-refractivity contribution in [1.82, 2.24) is 9.80 Å². The molecule has 1 amide bonds. The van der Waals surface area contributed by atoms with Gasteiger partial charge in [-0.3, -0.25) is 4.90 Å². The zero-order chi connectivity index (χ0) is 7.56. The third-order valence-corrected chi connectivity index (χ3v) is 1.44. The van der Waals surface area contributed by atoms with Crippen molar-refractivity contribution in [2.75, 3.05) is 20.1 Å². The highest BCUT2D eigenvalue weighted by molar-refractivity contribution is 5.66. The van der Waals surface area contributed by atoms with E-state index in [1.54, 1.807) is 12.4 Å². The summed E-state index contributed by atoms with van der Waals surface area (Å²) in [5, 5.41) is 8.48. The van der Waals surface area contributed by atoms with Gasteiger partial charge in [0.15, 0.2) is 0 Å². The van der Waals surface area contributed by atoms with Crippen LogP contribution in [-0.2, 0) is 0 Å². The molecule has 0 saturated heterocycles. The zero-order valence-corrected chi connectivity index (χ0v) is 5.82. The molecule has 0 aromatic heterocycles. The van der Waals surface area contributed by atoms with Crippen molar-refractivity contribution in [1.29, 1.82) is 0 Å². The molecule has 0 aliphatic carbocycles. The van der Waals surface area contributed by atoms with Gasteiger partial charge in [0.25, 0.3) is 0 Å². The van der Waals surface area contributed by atoms with Crippen LogP contribution in [0.25, 0.3) is 0 Å². The van der Waals surface area contributed by atoms with Crippen LogP contribution in [0.1, 0.15) is 0 Å². The molecule has 0 bridgehead atoms. The average molecular weight is 142 g/mol. The van der Waals surface area contributed by atoms with Crippen molar-refractivity contribution in [2.24, 2.45) is 0 Å². The molecule has 0 aromatic rings. The molecule has 0 fully saturated rings. The third kappa shape index (κ3) is 1.40. The molecule has 0 unspecified atom stereocenters. The van der Waals surface area contributed by atoms with E-state index in [1.807, 2.05) is 11.9 Å². The molecule has 0 saturated carbocycles. The second-order valence-corrected chi connectivity index (χ2v) is 2.25. The summed E-state index contributed by atoms with van der Waals surface area (Å²) in [7, 11) is 1.91. The van der Waals surface area contributed by atoms with Gasteiger partial charge in [-0.2, -0.15) is 0 Å². The Labute approximate surface area is 59.3 Å². The number of carbonyl (C=O) groups is 1. The van der Waals surface area contributed by atoms with Gasteiger partial charge in [-0.15, -0.1) is 0 Å². The Bertz CT molecular complexity index is 167. The summed E-state index contributed by atoms with van der Waals surface area (Å²) < 4.78 is 0. The van der Waals surface area contributed by atoms with Gasteiger partial charge < -0.3 is 10.0 Å². The smallest absolute Gasteiger partial charge is 0.411 e. The molecule has 1 aliphatic rings. The van der Waals surface area contributed by atoms with Crippen LogP contribution in [0.2, 0.25) is 0 Å². The molecule has 1 heterocycles. The highest BCUT2D eigenvalue weighted by Crippen LogP contribution is 1.99. The fourth-order valence-corrected chi connectivity index (χ4v) is 0.768. The van der Waals surface area contributed by atoms with E-state index in [0.29, 0.717) is 6.54 Å². The maximum Gasteiger partial charge on any atom is 0.411 e. The molecule has 56 valence electrons. The highest BCUT2D eigenvalue weighted by Gasteiger charge is 2.11. The van der Waals surface area contributed by atoms with Crippen LogP contribution in [0.15, 0.2) is 12.4 Å². The lowest BCUT2D eigenvalue weighted by atomic mass is 10.4. The first-order valence-corrected chi connectivity index (χ1v) is 3.08. The van der Waals surface area contributed by atoms with E-state index in [2.05, 4.69) is 0 Å². The molecule has 0 atom stereocenters. The predicted octanol–water partition coefficient (Wildman–Crippen LogP) is 0.383. The van der Waals surface area contributed by atoms with Gasteiger partial charge in [0, 0.05) is 32.5 Å². The zero-order valence-electron chi connectivity index (χ0n) is 5.82. The summed E-state index contributed by atoms with van der Waals surface area (Å²) in [4.78, 5) is 13.5. The second kappa shape index (κ2) is 2.60. The maximum atomic E-state index is 10.3. The monoisotopic (exact) mass is 142 g/mol. The topological polar surface area (TPSA) is 43.8 Å². The second-order valence-electron chi connectivity index (χ2n) is 2.25. The molecular weight excluding hydrogens is 132 g/mol. The van der Waals surface area contributed by atoms with Crippen molar-refractivity contribution in [3.63, 3.8) is 0 Å². The van der Waals surface area contributed by atoms with Gasteiger partial charge in [0.1, 0.15) is 0 Å². The van der Waals surface area contributed by atoms with Gasteiger partial charge >= 0.3 is 6.09 Å². The number of hydrogen-bond donors (Lipinski definition) is 1. The van der Waals surface area contributed by atoms with Crippen LogP contribution in [0.5, 0.6) is 0 Å². The van der Waals surface area contributed by atoms with Crippen LogP contribution < -0.4 is 0 Å². The van der Waals surface area contributed by atoms with Crippen molar-refractivity contribution < 1.29 is 9.90 Å². The van der Waals surface area contributed by atoms with E-state index in [1.165, 1.54) is 4.90 Å². The van der Waals surface area contributed by atoms with E-state index in [9.17, 15) is 4.79 Å². The summed E-state index contributed by atoms with van der Waals surface area (Å²) in [6.45, 7) is 1.32. The molecule has 1 aliphatic heterocycles. The molecule has 4 nitrogen and oxygen atoms in total. The van der Waals surface area contributed by atoms with Crippen LogP contribution in [-0.4, -0.2) is 41.1 Å². The van der Waals surface area contributed by atoms with Crippen LogP contribution in [0.3, 0.4) is 0 Å². The quantitative estimate of drug-likeness (QED) is 0.532. The van der Waals surface area contributed by atoms with Gasteiger partial charge in [0.05, 0.1) is 0 Å². The van der Waals surface area contributed by atoms with Gasteiger partial charge in [-0.05, 0) is 0 Å². The molecule has 1 rings (SSSR count). The lowest BCUT2D eigenvalue weighted by Gasteiger charge is -2.24. The fraction of sp³-hybridized carbons (Fsp3) is 0.500. The van der Waals surface area contributed by atoms with Gasteiger partial charge in [-0.1, -0.05) is 0 Å². The van der Waals surface area contributed by atoms with E-state index >= 15 is 0 Å². The SMILES string of the molecule is CN1C=CN(C(=O)O)CC1. The largest absolute Gasteiger partial charge is 0.465 e. The van der Waals surface area contributed by atoms with Gasteiger partial charge in [0.2, 0.25) is 0 Å². The summed E-state index contributed by atoms with van der Waals surface area (Å²) in [6, 6.07) is 0. The molecule has 0 radical (unpaired) electrons. The molecule has 1 N–H and O–H groups in total. The number of hydrogen-bond acceptors (Lipinski definition) is 2. The number of amides is 1. The lowest BCUT2D eigenvalue weighted by Crippen LogP contribution is -2.35. The first-order valence-electron chi connectivity index (χ1n) is 3.08. The minimum absolute atomic E-state index is 0.558. The number of rotatable bonds is 0. The molecular formula is C6H10N2O2. The fourth-order valence-electron chi connectivity index (χ4n) is 0.768. The third-order valence-electron chi connectivity index (χ3n) is 1.44. The predicted molar refractivity (Wildman–Crippen MR) is 36.5 cm³/mol. The van der Waals surface area contributed by atoms with Gasteiger partial charge in [-0.25, -0.2) is 4.79 Å². The van der Waals surface area contributed by atoms with E-state index in [-0.39, 0.29) is 0 Å². The Morgan fingerprint density at radius 3 is 2.60 bits per heavy atom. The van der Waals surface area contributed by atoms with Crippen LogP contribution in [0, 0.1) is 0 Å². The van der Waals surface area contributed by atoms with Crippen molar-refractivity contribution >= 4 is 6.09 Å². The Hall–Kier alpha value is -1.19. The van der Waals surface area contributed by atoms with Crippen molar-refractivity contribution in [2.45, 2.75) is 0 Å². The normalized spacial score (nSPS) is 17.7. The Balaban J connectivity index is 2.53. The number of carboxylic acid groups (broad SMARTS) is 1.